The molecule has 0 bridgehead atoms. The molecule has 0 aliphatic heterocycles. The Kier molecular flexibility index (Phi) is 15.5. The monoisotopic (exact) mass is 490 g/mol. The molecule has 2 rings (SSSR count). The molecule has 0 radical (unpaired) electrons. The highest BCUT2D eigenvalue weighted by atomic mass is 16.5. The zero-order valence-corrected chi connectivity index (χ0v) is 22.5. The second-order valence-electron chi connectivity index (χ2n) is 8.65. The van der Waals surface area contributed by atoms with Crippen molar-refractivity contribution in [3.63, 3.8) is 0 Å². The van der Waals surface area contributed by atoms with E-state index in [0.29, 0.717) is 24.7 Å². The van der Waals surface area contributed by atoms with Gasteiger partial charge < -0.3 is 16.2 Å². The third-order valence-electron chi connectivity index (χ3n) is 6.41. The van der Waals surface area contributed by atoms with Gasteiger partial charge in [0.1, 0.15) is 18.2 Å². The van der Waals surface area contributed by atoms with E-state index in [4.69, 9.17) is 15.9 Å². The SMILES string of the molecule is C=C\C(=C/C=C(CC)/C(C=CC(N=C)C1CCCC1)=C(/CC)C(=N)N)OCC1=CCC=CC=C1.CN. The van der Waals surface area contributed by atoms with Crippen LogP contribution in [0.3, 0.4) is 0 Å². The molecule has 1 unspecified atom stereocenters. The van der Waals surface area contributed by atoms with E-state index < -0.39 is 0 Å². The molecule has 0 saturated heterocycles. The van der Waals surface area contributed by atoms with Gasteiger partial charge in [-0.2, -0.15) is 0 Å². The first-order valence-corrected chi connectivity index (χ1v) is 13.0. The molecule has 36 heavy (non-hydrogen) atoms. The molecular formula is C31H46N4O. The number of ether oxygens (including phenoxy) is 1. The van der Waals surface area contributed by atoms with Crippen LogP contribution in [0.4, 0.5) is 0 Å². The van der Waals surface area contributed by atoms with E-state index in [1.54, 1.807) is 6.08 Å². The summed E-state index contributed by atoms with van der Waals surface area (Å²) in [5, 5.41) is 8.15. The van der Waals surface area contributed by atoms with E-state index in [-0.39, 0.29) is 11.9 Å². The maximum absolute atomic E-state index is 8.15. The molecule has 0 aromatic carbocycles. The molecular weight excluding hydrogens is 444 g/mol. The average Bonchev–Trinajstić information content (AvgIpc) is 3.30. The molecule has 1 fully saturated rings. The van der Waals surface area contributed by atoms with Crippen molar-refractivity contribution >= 4 is 12.6 Å². The number of allylic oxidation sites excluding steroid dienone is 10. The van der Waals surface area contributed by atoms with Gasteiger partial charge in [-0.25, -0.2) is 0 Å². The molecule has 5 heteroatoms. The number of rotatable bonds is 13. The van der Waals surface area contributed by atoms with Crippen LogP contribution in [0.25, 0.3) is 0 Å². The van der Waals surface area contributed by atoms with Crippen LogP contribution in [0.2, 0.25) is 0 Å². The van der Waals surface area contributed by atoms with E-state index in [2.05, 4.69) is 67.4 Å². The van der Waals surface area contributed by atoms with Crippen LogP contribution < -0.4 is 11.5 Å². The number of hydrogen-bond donors (Lipinski definition) is 3. The van der Waals surface area contributed by atoms with Crippen molar-refractivity contribution in [3.8, 4) is 0 Å². The van der Waals surface area contributed by atoms with Crippen molar-refractivity contribution in [2.24, 2.45) is 22.4 Å². The fourth-order valence-corrected chi connectivity index (χ4v) is 4.44. The lowest BCUT2D eigenvalue weighted by molar-refractivity contribution is 0.256. The molecule has 5 nitrogen and oxygen atoms in total. The number of nitrogens with zero attached hydrogens (tertiary/aromatic N) is 1. The molecule has 2 aliphatic rings. The van der Waals surface area contributed by atoms with Gasteiger partial charge in [0.05, 0.1) is 6.04 Å². The van der Waals surface area contributed by atoms with Gasteiger partial charge in [-0.15, -0.1) is 0 Å². The summed E-state index contributed by atoms with van der Waals surface area (Å²) in [6, 6.07) is 0.0960. The Morgan fingerprint density at radius 2 is 1.92 bits per heavy atom. The van der Waals surface area contributed by atoms with Crippen molar-refractivity contribution in [2.75, 3.05) is 13.7 Å². The zero-order valence-electron chi connectivity index (χ0n) is 22.5. The topological polar surface area (TPSA) is 97.5 Å². The number of hydrogen-bond acceptors (Lipinski definition) is 4. The summed E-state index contributed by atoms with van der Waals surface area (Å²) in [4.78, 5) is 4.40. The molecule has 5 N–H and O–H groups in total. The first kappa shape index (κ1) is 30.9. The van der Waals surface area contributed by atoms with Crippen LogP contribution in [-0.4, -0.2) is 32.2 Å². The number of aliphatic imine (C=N–C) groups is 1. The lowest BCUT2D eigenvalue weighted by atomic mass is 9.92. The molecule has 0 aromatic heterocycles. The minimum absolute atomic E-state index is 0.0960. The van der Waals surface area contributed by atoms with Gasteiger partial charge >= 0.3 is 0 Å². The predicted octanol–water partition coefficient (Wildman–Crippen LogP) is 6.88. The quantitative estimate of drug-likeness (QED) is 0.113. The highest BCUT2D eigenvalue weighted by Crippen LogP contribution is 2.31. The predicted molar refractivity (Wildman–Crippen MR) is 157 cm³/mol. The van der Waals surface area contributed by atoms with Crippen molar-refractivity contribution < 1.29 is 4.74 Å². The molecule has 0 heterocycles. The number of nitrogens with two attached hydrogens (primary N) is 2. The van der Waals surface area contributed by atoms with E-state index in [1.165, 1.54) is 32.7 Å². The Labute approximate surface area is 219 Å². The fraction of sp³-hybridized carbons (Fsp3) is 0.419. The van der Waals surface area contributed by atoms with Crippen LogP contribution in [0, 0.1) is 11.3 Å². The summed E-state index contributed by atoms with van der Waals surface area (Å²) in [7, 11) is 1.50. The third kappa shape index (κ3) is 10.2. The van der Waals surface area contributed by atoms with E-state index in [0.717, 1.165) is 35.1 Å². The largest absolute Gasteiger partial charge is 0.489 e. The van der Waals surface area contributed by atoms with E-state index >= 15 is 0 Å². The van der Waals surface area contributed by atoms with Crippen molar-refractivity contribution in [3.05, 3.63) is 95.4 Å². The molecule has 2 aliphatic carbocycles. The van der Waals surface area contributed by atoms with Crippen molar-refractivity contribution in [1.82, 2.24) is 0 Å². The second kappa shape index (κ2) is 18.1. The number of nitrogens with one attached hydrogen (secondary N) is 1. The Balaban J connectivity index is 0.00000316. The molecule has 196 valence electrons. The summed E-state index contributed by atoms with van der Waals surface area (Å²) in [5.74, 6) is 1.36. The highest BCUT2D eigenvalue weighted by molar-refractivity contribution is 5.96. The Hall–Kier alpha value is -3.18. The first-order chi connectivity index (χ1) is 17.5. The minimum atomic E-state index is 0.0960. The van der Waals surface area contributed by atoms with Crippen LogP contribution in [0.1, 0.15) is 58.8 Å². The minimum Gasteiger partial charge on any atom is -0.489 e. The summed E-state index contributed by atoms with van der Waals surface area (Å²) < 4.78 is 6.01. The zero-order chi connectivity index (χ0) is 26.8. The Morgan fingerprint density at radius 1 is 1.19 bits per heavy atom. The van der Waals surface area contributed by atoms with Gasteiger partial charge in [-0.3, -0.25) is 10.4 Å². The maximum atomic E-state index is 8.15. The lowest BCUT2D eigenvalue weighted by Gasteiger charge is -2.17. The molecule has 1 atom stereocenters. The molecule has 0 amide bonds. The normalized spacial score (nSPS) is 18.1. The van der Waals surface area contributed by atoms with Gasteiger partial charge in [-0.05, 0) is 80.7 Å². The van der Waals surface area contributed by atoms with E-state index in [1.807, 2.05) is 25.2 Å². The third-order valence-corrected chi connectivity index (χ3v) is 6.41. The fourth-order valence-electron chi connectivity index (χ4n) is 4.44. The summed E-state index contributed by atoms with van der Waals surface area (Å²) in [5.41, 5.74) is 14.5. The summed E-state index contributed by atoms with van der Waals surface area (Å²) in [6.45, 7) is 12.4. The lowest BCUT2D eigenvalue weighted by Crippen LogP contribution is -2.16. The smallest absolute Gasteiger partial charge is 0.119 e. The second-order valence-corrected chi connectivity index (χ2v) is 8.65. The van der Waals surface area contributed by atoms with Gasteiger partial charge in [0.2, 0.25) is 0 Å². The van der Waals surface area contributed by atoms with Crippen LogP contribution in [0.5, 0.6) is 0 Å². The van der Waals surface area contributed by atoms with Crippen molar-refractivity contribution in [1.29, 1.82) is 5.41 Å². The van der Waals surface area contributed by atoms with Gasteiger partial charge in [-0.1, -0.05) is 81.9 Å². The van der Waals surface area contributed by atoms with Gasteiger partial charge in [0.25, 0.3) is 0 Å². The Bertz CT molecular complexity index is 938. The van der Waals surface area contributed by atoms with E-state index in [9.17, 15) is 0 Å². The summed E-state index contributed by atoms with van der Waals surface area (Å²) >= 11 is 0. The van der Waals surface area contributed by atoms with Crippen LogP contribution in [-0.2, 0) is 4.74 Å². The van der Waals surface area contributed by atoms with Gasteiger partial charge in [0.15, 0.2) is 0 Å². The maximum Gasteiger partial charge on any atom is 0.119 e. The molecule has 0 spiro atoms. The van der Waals surface area contributed by atoms with Crippen molar-refractivity contribution in [2.45, 2.75) is 64.8 Å². The standard InChI is InChI=1S/C30H41N3O.CH5N/c1-5-24(18-19-26(6-2)34-22-23-14-10-8-9-11-15-23)28(27(7-3)30(31)32)20-21-29(33-4)25-16-12-13-17-25;1-2/h6,8-10,14-15,18-21,25,29H,2,4-5,7,11-13,16-17,22H2,1,3H3,(H3,31,32);2H2,1H3/b21-20?,24-18+,26-19+,28-27-;. The van der Waals surface area contributed by atoms with Crippen LogP contribution in [0.15, 0.2) is 100 Å². The molecule has 0 aromatic rings. The first-order valence-electron chi connectivity index (χ1n) is 13.0. The molecule has 1 saturated carbocycles. The average molecular weight is 491 g/mol. The Morgan fingerprint density at radius 3 is 2.50 bits per heavy atom. The van der Waals surface area contributed by atoms with Gasteiger partial charge in [0, 0.05) is 5.57 Å². The van der Waals surface area contributed by atoms with Crippen LogP contribution >= 0.6 is 0 Å². The summed E-state index contributed by atoms with van der Waals surface area (Å²) in [6.07, 6.45) is 27.7. The number of amidine groups is 1. The highest BCUT2D eigenvalue weighted by Gasteiger charge is 2.22.